The monoisotopic (exact) mass is 207 g/mol. The van der Waals surface area contributed by atoms with Crippen LogP contribution in [0, 0.1) is 5.92 Å². The molecule has 1 amide bonds. The molecule has 1 heterocycles. The fraction of sp³-hybridized carbons (Fsp3) is 0.455. The molecule has 4 heteroatoms. The zero-order chi connectivity index (χ0) is 11.3. The van der Waals surface area contributed by atoms with Gasteiger partial charge in [0, 0.05) is 12.7 Å². The molecule has 0 aliphatic heterocycles. The van der Waals surface area contributed by atoms with E-state index in [0.717, 1.165) is 13.0 Å². The molecule has 0 unspecified atom stereocenters. The number of hydrogen-bond donors (Lipinski definition) is 2. The number of amides is 1. The Balaban J connectivity index is 2.63. The zero-order valence-corrected chi connectivity index (χ0v) is 9.16. The van der Waals surface area contributed by atoms with Gasteiger partial charge in [-0.15, -0.1) is 0 Å². The van der Waals surface area contributed by atoms with Gasteiger partial charge >= 0.3 is 0 Å². The second-order valence-electron chi connectivity index (χ2n) is 3.87. The Kier molecular flexibility index (Phi) is 4.09. The topological polar surface area (TPSA) is 68.0 Å². The summed E-state index contributed by atoms with van der Waals surface area (Å²) in [6, 6.07) is 3.38. The number of nitrogens with zero attached hydrogens (tertiary/aromatic N) is 1. The van der Waals surface area contributed by atoms with E-state index in [9.17, 15) is 4.79 Å². The van der Waals surface area contributed by atoms with Crippen LogP contribution in [-0.2, 0) is 0 Å². The van der Waals surface area contributed by atoms with Crippen molar-refractivity contribution in [2.24, 2.45) is 11.7 Å². The fourth-order valence-corrected chi connectivity index (χ4v) is 1.22. The lowest BCUT2D eigenvalue weighted by molar-refractivity contribution is 0.100. The van der Waals surface area contributed by atoms with Gasteiger partial charge in [-0.05, 0) is 24.5 Å². The lowest BCUT2D eigenvalue weighted by Gasteiger charge is -2.09. The SMILES string of the molecule is CC(C)CCNc1ncccc1C(N)=O. The lowest BCUT2D eigenvalue weighted by Crippen LogP contribution is -2.16. The molecule has 0 bridgehead atoms. The van der Waals surface area contributed by atoms with Crippen molar-refractivity contribution < 1.29 is 4.79 Å². The fourth-order valence-electron chi connectivity index (χ4n) is 1.22. The summed E-state index contributed by atoms with van der Waals surface area (Å²) >= 11 is 0. The molecule has 0 radical (unpaired) electrons. The minimum absolute atomic E-state index is 0.446. The summed E-state index contributed by atoms with van der Waals surface area (Å²) in [5.74, 6) is 0.749. The van der Waals surface area contributed by atoms with Gasteiger partial charge in [0.25, 0.3) is 5.91 Å². The van der Waals surface area contributed by atoms with Crippen molar-refractivity contribution in [1.29, 1.82) is 0 Å². The van der Waals surface area contributed by atoms with Crippen molar-refractivity contribution in [2.45, 2.75) is 20.3 Å². The summed E-state index contributed by atoms with van der Waals surface area (Å²) in [7, 11) is 0. The first-order valence-corrected chi connectivity index (χ1v) is 5.10. The van der Waals surface area contributed by atoms with Gasteiger partial charge in [0.15, 0.2) is 0 Å². The van der Waals surface area contributed by atoms with E-state index in [1.807, 2.05) is 0 Å². The van der Waals surface area contributed by atoms with E-state index < -0.39 is 5.91 Å². The Morgan fingerprint density at radius 3 is 2.93 bits per heavy atom. The molecule has 1 aromatic heterocycles. The van der Waals surface area contributed by atoms with E-state index in [4.69, 9.17) is 5.73 Å². The second-order valence-corrected chi connectivity index (χ2v) is 3.87. The third-order valence-electron chi connectivity index (χ3n) is 2.09. The summed E-state index contributed by atoms with van der Waals surface area (Å²) in [6.45, 7) is 5.10. The number of nitrogens with two attached hydrogens (primary N) is 1. The van der Waals surface area contributed by atoms with Crippen molar-refractivity contribution in [2.75, 3.05) is 11.9 Å². The van der Waals surface area contributed by atoms with Crippen LogP contribution in [0.5, 0.6) is 0 Å². The maximum absolute atomic E-state index is 11.1. The molecule has 0 saturated carbocycles. The third-order valence-corrected chi connectivity index (χ3v) is 2.09. The lowest BCUT2D eigenvalue weighted by atomic mass is 10.1. The first-order chi connectivity index (χ1) is 7.11. The maximum atomic E-state index is 11.1. The van der Waals surface area contributed by atoms with Crippen LogP contribution >= 0.6 is 0 Å². The van der Waals surface area contributed by atoms with Crippen LogP contribution in [0.4, 0.5) is 5.82 Å². The first-order valence-electron chi connectivity index (χ1n) is 5.10. The van der Waals surface area contributed by atoms with E-state index in [0.29, 0.717) is 17.3 Å². The Morgan fingerprint density at radius 2 is 2.33 bits per heavy atom. The van der Waals surface area contributed by atoms with E-state index >= 15 is 0 Å². The Morgan fingerprint density at radius 1 is 1.60 bits per heavy atom. The summed E-state index contributed by atoms with van der Waals surface area (Å²) < 4.78 is 0. The van der Waals surface area contributed by atoms with Crippen molar-refractivity contribution in [3.8, 4) is 0 Å². The smallest absolute Gasteiger partial charge is 0.252 e. The molecule has 0 fully saturated rings. The molecule has 1 aromatic rings. The molecule has 0 aliphatic rings. The normalized spacial score (nSPS) is 10.3. The van der Waals surface area contributed by atoms with Gasteiger partial charge in [-0.1, -0.05) is 13.8 Å². The van der Waals surface area contributed by atoms with Gasteiger partial charge in [0.05, 0.1) is 5.56 Å². The molecular weight excluding hydrogens is 190 g/mol. The van der Waals surface area contributed by atoms with Crippen LogP contribution in [-0.4, -0.2) is 17.4 Å². The van der Waals surface area contributed by atoms with Crippen LogP contribution in [0.25, 0.3) is 0 Å². The number of rotatable bonds is 5. The quantitative estimate of drug-likeness (QED) is 0.771. The van der Waals surface area contributed by atoms with Gasteiger partial charge in [-0.3, -0.25) is 4.79 Å². The third kappa shape index (κ3) is 3.58. The van der Waals surface area contributed by atoms with Crippen molar-refractivity contribution >= 4 is 11.7 Å². The molecule has 1 rings (SSSR count). The van der Waals surface area contributed by atoms with Crippen LogP contribution in [0.2, 0.25) is 0 Å². The van der Waals surface area contributed by atoms with Crippen molar-refractivity contribution in [3.63, 3.8) is 0 Å². The number of primary amides is 1. The van der Waals surface area contributed by atoms with Crippen molar-refractivity contribution in [1.82, 2.24) is 4.98 Å². The van der Waals surface area contributed by atoms with Gasteiger partial charge in [-0.2, -0.15) is 0 Å². The Bertz CT molecular complexity index is 336. The highest BCUT2D eigenvalue weighted by Gasteiger charge is 2.07. The van der Waals surface area contributed by atoms with Gasteiger partial charge < -0.3 is 11.1 Å². The number of carbonyl (C=O) groups is 1. The van der Waals surface area contributed by atoms with E-state index in [1.165, 1.54) is 0 Å². The molecule has 0 atom stereocenters. The van der Waals surface area contributed by atoms with Crippen LogP contribution in [0.3, 0.4) is 0 Å². The molecule has 4 nitrogen and oxygen atoms in total. The molecule has 15 heavy (non-hydrogen) atoms. The molecule has 82 valence electrons. The number of carbonyl (C=O) groups excluding carboxylic acids is 1. The van der Waals surface area contributed by atoms with E-state index in [2.05, 4.69) is 24.1 Å². The van der Waals surface area contributed by atoms with Gasteiger partial charge in [-0.25, -0.2) is 4.98 Å². The minimum Gasteiger partial charge on any atom is -0.369 e. The average Bonchev–Trinajstić information content (AvgIpc) is 2.17. The van der Waals surface area contributed by atoms with Crippen LogP contribution in [0.15, 0.2) is 18.3 Å². The van der Waals surface area contributed by atoms with Gasteiger partial charge in [0.1, 0.15) is 5.82 Å². The highest BCUT2D eigenvalue weighted by molar-refractivity contribution is 5.97. The highest BCUT2D eigenvalue weighted by Crippen LogP contribution is 2.11. The highest BCUT2D eigenvalue weighted by atomic mass is 16.1. The zero-order valence-electron chi connectivity index (χ0n) is 9.16. The first kappa shape index (κ1) is 11.5. The number of nitrogens with one attached hydrogen (secondary N) is 1. The maximum Gasteiger partial charge on any atom is 0.252 e. The Labute approximate surface area is 89.9 Å². The molecule has 0 saturated heterocycles. The molecular formula is C11H17N3O. The van der Waals surface area contributed by atoms with Gasteiger partial charge in [0.2, 0.25) is 0 Å². The van der Waals surface area contributed by atoms with Crippen LogP contribution in [0.1, 0.15) is 30.6 Å². The summed E-state index contributed by atoms with van der Waals surface area (Å²) in [5.41, 5.74) is 5.67. The molecule has 0 aliphatic carbocycles. The minimum atomic E-state index is -0.449. The summed E-state index contributed by atoms with van der Waals surface area (Å²) in [5, 5.41) is 3.11. The number of aromatic nitrogens is 1. The summed E-state index contributed by atoms with van der Waals surface area (Å²) in [4.78, 5) is 15.1. The number of hydrogen-bond acceptors (Lipinski definition) is 3. The predicted molar refractivity (Wildman–Crippen MR) is 60.7 cm³/mol. The molecule has 0 aromatic carbocycles. The largest absolute Gasteiger partial charge is 0.369 e. The number of anilines is 1. The van der Waals surface area contributed by atoms with Crippen molar-refractivity contribution in [3.05, 3.63) is 23.9 Å². The summed E-state index contributed by atoms with van der Waals surface area (Å²) in [6.07, 6.45) is 2.68. The van der Waals surface area contributed by atoms with E-state index in [1.54, 1.807) is 18.3 Å². The standard InChI is InChI=1S/C11H17N3O/c1-8(2)5-7-14-11-9(10(12)15)4-3-6-13-11/h3-4,6,8H,5,7H2,1-2H3,(H2,12,15)(H,13,14). The second kappa shape index (κ2) is 5.34. The molecule has 3 N–H and O–H groups in total. The average molecular weight is 207 g/mol. The predicted octanol–water partition coefficient (Wildman–Crippen LogP) is 1.64. The number of pyridine rings is 1. The van der Waals surface area contributed by atoms with Crippen LogP contribution < -0.4 is 11.1 Å². The Hall–Kier alpha value is -1.58. The molecule has 0 spiro atoms. The van der Waals surface area contributed by atoms with E-state index in [-0.39, 0.29) is 0 Å².